The maximum absolute atomic E-state index is 8.36. The lowest BCUT2D eigenvalue weighted by Crippen LogP contribution is -2.14. The van der Waals surface area contributed by atoms with Crippen LogP contribution in [0.15, 0.2) is 30.9 Å². The van der Waals surface area contributed by atoms with E-state index in [0.717, 1.165) is 12.0 Å². The number of nitrogens with zero attached hydrogens (tertiary/aromatic N) is 4. The lowest BCUT2D eigenvalue weighted by atomic mass is 10.1. The summed E-state index contributed by atoms with van der Waals surface area (Å²) >= 11 is 12.3. The Bertz CT molecular complexity index is 652. The summed E-state index contributed by atoms with van der Waals surface area (Å²) in [6.07, 6.45) is 7.71. The molecule has 0 aliphatic rings. The van der Waals surface area contributed by atoms with E-state index in [1.54, 1.807) is 17.1 Å². The van der Waals surface area contributed by atoms with Crippen LogP contribution in [0.4, 0.5) is 0 Å². The molecule has 0 spiro atoms. The topological polar surface area (TPSA) is 103 Å². The summed E-state index contributed by atoms with van der Waals surface area (Å²) in [6, 6.07) is 5.49. The smallest absolute Gasteiger partial charge is 0.291 e. The molecule has 26 heavy (non-hydrogen) atoms. The second kappa shape index (κ2) is 12.5. The van der Waals surface area contributed by atoms with E-state index in [-0.39, 0.29) is 6.10 Å². The van der Waals surface area contributed by atoms with Crippen molar-refractivity contribution in [1.29, 1.82) is 0 Å². The zero-order valence-corrected chi connectivity index (χ0v) is 15.9. The normalized spacial score (nSPS) is 11.5. The molecule has 0 bridgehead atoms. The molecule has 0 aliphatic carbocycles. The van der Waals surface area contributed by atoms with Crippen molar-refractivity contribution in [3.05, 3.63) is 56.6 Å². The number of benzene rings is 1. The Balaban J connectivity index is 0.000000765. The van der Waals surface area contributed by atoms with Crippen LogP contribution in [-0.4, -0.2) is 31.7 Å². The van der Waals surface area contributed by atoms with Gasteiger partial charge in [0.25, 0.3) is 5.09 Å². The highest BCUT2D eigenvalue weighted by atomic mass is 35.5. The van der Waals surface area contributed by atoms with Crippen molar-refractivity contribution in [2.75, 3.05) is 6.61 Å². The van der Waals surface area contributed by atoms with Crippen molar-refractivity contribution < 1.29 is 15.0 Å². The fraction of sp³-hybridized carbons (Fsp3) is 0.500. The van der Waals surface area contributed by atoms with Crippen molar-refractivity contribution >= 4 is 23.2 Å². The van der Waals surface area contributed by atoms with Gasteiger partial charge in [-0.1, -0.05) is 55.5 Å². The lowest BCUT2D eigenvalue weighted by Gasteiger charge is -2.19. The number of halogens is 2. The Hall–Kier alpha value is -1.90. The molecule has 0 saturated heterocycles. The van der Waals surface area contributed by atoms with E-state index in [2.05, 4.69) is 17.0 Å². The van der Waals surface area contributed by atoms with Crippen LogP contribution in [0.25, 0.3) is 0 Å². The fourth-order valence-corrected chi connectivity index (χ4v) is 2.78. The van der Waals surface area contributed by atoms with Crippen molar-refractivity contribution in [1.82, 2.24) is 14.8 Å². The number of rotatable bonds is 9. The van der Waals surface area contributed by atoms with Crippen LogP contribution < -0.4 is 0 Å². The highest BCUT2D eigenvalue weighted by Gasteiger charge is 2.17. The molecule has 0 fully saturated rings. The third kappa shape index (κ3) is 8.98. The molecule has 10 heteroatoms. The van der Waals surface area contributed by atoms with E-state index < -0.39 is 5.09 Å². The summed E-state index contributed by atoms with van der Waals surface area (Å²) < 4.78 is 7.80. The maximum Gasteiger partial charge on any atom is 0.291 e. The molecule has 1 atom stereocenters. The summed E-state index contributed by atoms with van der Waals surface area (Å²) in [5.74, 6) is 0. The Morgan fingerprint density at radius 3 is 2.65 bits per heavy atom. The van der Waals surface area contributed by atoms with Crippen LogP contribution in [0.3, 0.4) is 0 Å². The first kappa shape index (κ1) is 22.1. The predicted molar refractivity (Wildman–Crippen MR) is 98.1 cm³/mol. The van der Waals surface area contributed by atoms with Gasteiger partial charge in [-0.2, -0.15) is 5.10 Å². The molecule has 2 rings (SSSR count). The van der Waals surface area contributed by atoms with Crippen LogP contribution >= 0.6 is 23.2 Å². The van der Waals surface area contributed by atoms with Gasteiger partial charge < -0.3 is 9.94 Å². The SMILES string of the molecule is CCCCCCOC(Cn1cncn1)c1ccc(Cl)cc1Cl.O=[N+]([O-])O. The molecule has 1 unspecified atom stereocenters. The number of hydrogen-bond acceptors (Lipinski definition) is 5. The molecule has 0 aliphatic heterocycles. The van der Waals surface area contributed by atoms with Crippen LogP contribution in [0.2, 0.25) is 10.0 Å². The highest BCUT2D eigenvalue weighted by molar-refractivity contribution is 6.35. The first-order chi connectivity index (χ1) is 12.4. The summed E-state index contributed by atoms with van der Waals surface area (Å²) in [5, 5.41) is 19.0. The van der Waals surface area contributed by atoms with Gasteiger partial charge in [0.1, 0.15) is 18.8 Å². The molecule has 0 amide bonds. The van der Waals surface area contributed by atoms with E-state index >= 15 is 0 Å². The van der Waals surface area contributed by atoms with Gasteiger partial charge in [-0.05, 0) is 18.6 Å². The molecule has 8 nitrogen and oxygen atoms in total. The van der Waals surface area contributed by atoms with Crippen molar-refractivity contribution in [3.63, 3.8) is 0 Å². The molecule has 1 N–H and O–H groups in total. The second-order valence-corrected chi connectivity index (χ2v) is 6.28. The quantitative estimate of drug-likeness (QED) is 0.372. The van der Waals surface area contributed by atoms with Crippen LogP contribution in [-0.2, 0) is 11.3 Å². The molecule has 2 aromatic rings. The summed E-state index contributed by atoms with van der Waals surface area (Å²) in [6.45, 7) is 3.48. The zero-order valence-electron chi connectivity index (χ0n) is 14.4. The molecule has 0 saturated carbocycles. The predicted octanol–water partition coefficient (Wildman–Crippen LogP) is 4.58. The number of hydrogen-bond donors (Lipinski definition) is 1. The van der Waals surface area contributed by atoms with E-state index in [0.29, 0.717) is 23.2 Å². The Kier molecular flexibility index (Phi) is 10.6. The minimum absolute atomic E-state index is 0.159. The largest absolute Gasteiger partial charge is 0.372 e. The van der Waals surface area contributed by atoms with E-state index in [9.17, 15) is 0 Å². The van der Waals surface area contributed by atoms with Gasteiger partial charge in [-0.25, -0.2) is 4.98 Å². The fourth-order valence-electron chi connectivity index (χ4n) is 2.25. The average Bonchev–Trinajstić information content (AvgIpc) is 3.06. The van der Waals surface area contributed by atoms with E-state index in [1.165, 1.54) is 25.6 Å². The first-order valence-electron chi connectivity index (χ1n) is 8.16. The van der Waals surface area contributed by atoms with Gasteiger partial charge in [0, 0.05) is 22.2 Å². The number of aromatic nitrogens is 3. The van der Waals surface area contributed by atoms with Crippen LogP contribution in [0, 0.1) is 10.1 Å². The average molecular weight is 405 g/mol. The van der Waals surface area contributed by atoms with Crippen LogP contribution in [0.1, 0.15) is 44.3 Å². The van der Waals surface area contributed by atoms with Crippen molar-refractivity contribution in [2.24, 2.45) is 0 Å². The summed E-state index contributed by atoms with van der Waals surface area (Å²) in [4.78, 5) is 12.3. The van der Waals surface area contributed by atoms with Gasteiger partial charge in [0.2, 0.25) is 0 Å². The minimum atomic E-state index is -1.50. The highest BCUT2D eigenvalue weighted by Crippen LogP contribution is 2.29. The zero-order chi connectivity index (χ0) is 19.4. The van der Waals surface area contributed by atoms with Crippen LogP contribution in [0.5, 0.6) is 0 Å². The third-order valence-electron chi connectivity index (χ3n) is 3.45. The second-order valence-electron chi connectivity index (χ2n) is 5.44. The van der Waals surface area contributed by atoms with Gasteiger partial charge >= 0.3 is 0 Å². The Labute approximate surface area is 161 Å². The molecule has 1 heterocycles. The van der Waals surface area contributed by atoms with Crippen molar-refractivity contribution in [3.8, 4) is 0 Å². The number of ether oxygens (including phenoxy) is 1. The molecule has 0 radical (unpaired) electrons. The Morgan fingerprint density at radius 2 is 2.08 bits per heavy atom. The molecular weight excluding hydrogens is 383 g/mol. The third-order valence-corrected chi connectivity index (χ3v) is 4.01. The molecule has 144 valence electrons. The van der Waals surface area contributed by atoms with Gasteiger partial charge in [-0.3, -0.25) is 4.68 Å². The summed E-state index contributed by atoms with van der Waals surface area (Å²) in [7, 11) is 0. The summed E-state index contributed by atoms with van der Waals surface area (Å²) in [5.41, 5.74) is 0.928. The lowest BCUT2D eigenvalue weighted by molar-refractivity contribution is -0.742. The standard InChI is InChI=1S/C16H21Cl2N3O.HNO3/c1-2-3-4-5-8-22-16(10-21-12-19-11-20-21)14-7-6-13(17)9-15(14)18;2-1(3)4/h6-7,9,11-12,16H,2-5,8,10H2,1H3;(H,2,3,4). The van der Waals surface area contributed by atoms with Gasteiger partial charge in [0.15, 0.2) is 0 Å². The van der Waals surface area contributed by atoms with Gasteiger partial charge in [-0.15, -0.1) is 10.1 Å². The molecule has 1 aromatic carbocycles. The van der Waals surface area contributed by atoms with Gasteiger partial charge in [0.05, 0.1) is 6.54 Å². The number of unbranched alkanes of at least 4 members (excludes halogenated alkanes) is 3. The maximum atomic E-state index is 8.36. The molecule has 1 aromatic heterocycles. The Morgan fingerprint density at radius 1 is 1.35 bits per heavy atom. The van der Waals surface area contributed by atoms with E-state index in [1.807, 2.05) is 12.1 Å². The van der Waals surface area contributed by atoms with E-state index in [4.69, 9.17) is 43.3 Å². The van der Waals surface area contributed by atoms with Crippen molar-refractivity contribution in [2.45, 2.75) is 45.3 Å². The molecular formula is C16H22Cl2N4O4. The minimum Gasteiger partial charge on any atom is -0.372 e. The monoisotopic (exact) mass is 404 g/mol. The first-order valence-corrected chi connectivity index (χ1v) is 8.91.